The lowest BCUT2D eigenvalue weighted by molar-refractivity contribution is 0.335. The topological polar surface area (TPSA) is 40.5 Å². The molecule has 2 unspecified atom stereocenters. The minimum atomic E-state index is 0.338. The molecule has 0 bridgehead atoms. The van der Waals surface area contributed by atoms with E-state index >= 15 is 0 Å². The van der Waals surface area contributed by atoms with Gasteiger partial charge in [0.05, 0.1) is 0 Å². The molecule has 0 fully saturated rings. The van der Waals surface area contributed by atoms with Gasteiger partial charge in [0.25, 0.3) is 0 Å². The number of phenols is 2. The molecule has 4 rings (SSSR count). The van der Waals surface area contributed by atoms with E-state index in [1.165, 1.54) is 54.4 Å². The summed E-state index contributed by atoms with van der Waals surface area (Å²) in [4.78, 5) is 0. The standard InChI is InChI=1S/C25H28O2/c26-24-13-9-22(10-14-24)20-5-1-18(2-6-20)17-19-3-7-21(8-4-19)23-11-15-25(27)16-12-23/h5,7,9-16,18-19,26-27H,1-4,6,8,17H2. The average Bonchev–Trinajstić information content (AvgIpc) is 2.71. The van der Waals surface area contributed by atoms with Gasteiger partial charge in [-0.2, -0.15) is 0 Å². The monoisotopic (exact) mass is 360 g/mol. The summed E-state index contributed by atoms with van der Waals surface area (Å²) in [6.07, 6.45) is 13.4. The predicted molar refractivity (Wildman–Crippen MR) is 111 cm³/mol. The third-order valence-electron chi connectivity index (χ3n) is 6.18. The van der Waals surface area contributed by atoms with Gasteiger partial charge in [-0.05, 0) is 103 Å². The lowest BCUT2D eigenvalue weighted by atomic mass is 9.77. The Bertz CT molecular complexity index is 756. The van der Waals surface area contributed by atoms with Crippen LogP contribution in [-0.4, -0.2) is 10.2 Å². The van der Waals surface area contributed by atoms with Crippen LogP contribution in [0.4, 0.5) is 0 Å². The summed E-state index contributed by atoms with van der Waals surface area (Å²) in [6, 6.07) is 15.2. The summed E-state index contributed by atoms with van der Waals surface area (Å²) >= 11 is 0. The van der Waals surface area contributed by atoms with Crippen molar-refractivity contribution in [1.29, 1.82) is 0 Å². The fraction of sp³-hybridized carbons (Fsp3) is 0.360. The maximum atomic E-state index is 9.45. The Balaban J connectivity index is 1.31. The zero-order valence-electron chi connectivity index (χ0n) is 15.8. The molecule has 2 aromatic carbocycles. The number of phenolic OH excluding ortho intramolecular Hbond substituents is 2. The maximum absolute atomic E-state index is 9.45. The van der Waals surface area contributed by atoms with Crippen molar-refractivity contribution in [3.8, 4) is 11.5 Å². The molecule has 2 heteroatoms. The van der Waals surface area contributed by atoms with E-state index in [1.807, 2.05) is 24.3 Å². The van der Waals surface area contributed by atoms with E-state index in [1.54, 1.807) is 24.3 Å². The summed E-state index contributed by atoms with van der Waals surface area (Å²) < 4.78 is 0. The van der Waals surface area contributed by atoms with Gasteiger partial charge in [0.1, 0.15) is 11.5 Å². The normalized spacial score (nSPS) is 22.8. The van der Waals surface area contributed by atoms with E-state index in [4.69, 9.17) is 0 Å². The first-order valence-electron chi connectivity index (χ1n) is 10.1. The number of rotatable bonds is 4. The SMILES string of the molecule is Oc1ccc(C2=CCC(CC3CC=C(c4ccc(O)cc4)CC3)CC2)cc1. The van der Waals surface area contributed by atoms with Crippen LogP contribution in [0.2, 0.25) is 0 Å². The molecule has 0 aromatic heterocycles. The van der Waals surface area contributed by atoms with Crippen LogP contribution in [0, 0.1) is 11.8 Å². The first-order valence-corrected chi connectivity index (χ1v) is 10.1. The molecule has 2 nitrogen and oxygen atoms in total. The molecular weight excluding hydrogens is 332 g/mol. The van der Waals surface area contributed by atoms with Crippen LogP contribution in [-0.2, 0) is 0 Å². The summed E-state index contributed by atoms with van der Waals surface area (Å²) in [7, 11) is 0. The molecule has 27 heavy (non-hydrogen) atoms. The Morgan fingerprint density at radius 3 is 1.37 bits per heavy atom. The molecule has 2 aliphatic rings. The Kier molecular flexibility index (Phi) is 5.33. The van der Waals surface area contributed by atoms with Crippen LogP contribution >= 0.6 is 0 Å². The van der Waals surface area contributed by atoms with Crippen LogP contribution < -0.4 is 0 Å². The molecule has 0 aliphatic heterocycles. The van der Waals surface area contributed by atoms with Crippen molar-refractivity contribution < 1.29 is 10.2 Å². The highest BCUT2D eigenvalue weighted by Crippen LogP contribution is 2.38. The predicted octanol–water partition coefficient (Wildman–Crippen LogP) is 6.56. The van der Waals surface area contributed by atoms with E-state index in [2.05, 4.69) is 12.2 Å². The molecule has 0 saturated heterocycles. The molecule has 0 amide bonds. The summed E-state index contributed by atoms with van der Waals surface area (Å²) in [6.45, 7) is 0. The van der Waals surface area contributed by atoms with Gasteiger partial charge in [0.15, 0.2) is 0 Å². The first kappa shape index (κ1) is 17.9. The highest BCUT2D eigenvalue weighted by Gasteiger charge is 2.22. The molecule has 140 valence electrons. The van der Waals surface area contributed by atoms with Gasteiger partial charge in [-0.15, -0.1) is 0 Å². The Morgan fingerprint density at radius 1 is 0.630 bits per heavy atom. The van der Waals surface area contributed by atoms with Crippen molar-refractivity contribution in [3.05, 3.63) is 71.8 Å². The zero-order valence-corrected chi connectivity index (χ0v) is 15.8. The molecule has 0 heterocycles. The van der Waals surface area contributed by atoms with Crippen LogP contribution in [0.1, 0.15) is 56.1 Å². The van der Waals surface area contributed by atoms with Gasteiger partial charge in [0, 0.05) is 0 Å². The van der Waals surface area contributed by atoms with Gasteiger partial charge >= 0.3 is 0 Å². The van der Waals surface area contributed by atoms with Crippen LogP contribution in [0.5, 0.6) is 11.5 Å². The van der Waals surface area contributed by atoms with Crippen molar-refractivity contribution in [2.45, 2.75) is 44.9 Å². The van der Waals surface area contributed by atoms with E-state index in [-0.39, 0.29) is 0 Å². The third-order valence-corrected chi connectivity index (χ3v) is 6.18. The fourth-order valence-electron chi connectivity index (χ4n) is 4.55. The first-order chi connectivity index (χ1) is 13.2. The number of benzene rings is 2. The average molecular weight is 360 g/mol. The zero-order chi connectivity index (χ0) is 18.6. The van der Waals surface area contributed by atoms with Gasteiger partial charge in [0.2, 0.25) is 0 Å². The van der Waals surface area contributed by atoms with E-state index in [0.29, 0.717) is 11.5 Å². The fourth-order valence-corrected chi connectivity index (χ4v) is 4.55. The van der Waals surface area contributed by atoms with Crippen molar-refractivity contribution in [2.75, 3.05) is 0 Å². The van der Waals surface area contributed by atoms with Gasteiger partial charge in [-0.3, -0.25) is 0 Å². The highest BCUT2D eigenvalue weighted by atomic mass is 16.3. The molecule has 2 aromatic rings. The second-order valence-corrected chi connectivity index (χ2v) is 8.07. The number of hydrogen-bond donors (Lipinski definition) is 2. The second-order valence-electron chi connectivity index (χ2n) is 8.07. The van der Waals surface area contributed by atoms with Gasteiger partial charge < -0.3 is 10.2 Å². The smallest absolute Gasteiger partial charge is 0.115 e. The highest BCUT2D eigenvalue weighted by molar-refractivity contribution is 5.67. The van der Waals surface area contributed by atoms with E-state index in [0.717, 1.165) is 24.7 Å². The Labute approximate surface area is 161 Å². The van der Waals surface area contributed by atoms with E-state index in [9.17, 15) is 10.2 Å². The van der Waals surface area contributed by atoms with E-state index < -0.39 is 0 Å². The third kappa shape index (κ3) is 4.44. The van der Waals surface area contributed by atoms with Crippen LogP contribution in [0.25, 0.3) is 11.1 Å². The lowest BCUT2D eigenvalue weighted by Crippen LogP contribution is -2.13. The molecule has 0 saturated carbocycles. The number of hydrogen-bond acceptors (Lipinski definition) is 2. The minimum Gasteiger partial charge on any atom is -0.508 e. The quantitative estimate of drug-likeness (QED) is 0.648. The van der Waals surface area contributed by atoms with Crippen LogP contribution in [0.3, 0.4) is 0 Å². The largest absolute Gasteiger partial charge is 0.508 e. The molecule has 2 aliphatic carbocycles. The number of allylic oxidation sites excluding steroid dienone is 4. The van der Waals surface area contributed by atoms with Crippen molar-refractivity contribution in [2.24, 2.45) is 11.8 Å². The molecule has 2 atom stereocenters. The lowest BCUT2D eigenvalue weighted by Gasteiger charge is -2.28. The second kappa shape index (κ2) is 8.04. The van der Waals surface area contributed by atoms with Gasteiger partial charge in [-0.25, -0.2) is 0 Å². The summed E-state index contributed by atoms with van der Waals surface area (Å²) in [5, 5.41) is 18.9. The Hall–Kier alpha value is -2.48. The number of aromatic hydroxyl groups is 2. The minimum absolute atomic E-state index is 0.338. The molecule has 2 N–H and O–H groups in total. The van der Waals surface area contributed by atoms with Crippen molar-refractivity contribution in [1.82, 2.24) is 0 Å². The molecule has 0 spiro atoms. The maximum Gasteiger partial charge on any atom is 0.115 e. The molecular formula is C25H28O2. The van der Waals surface area contributed by atoms with Crippen molar-refractivity contribution in [3.63, 3.8) is 0 Å². The summed E-state index contributed by atoms with van der Waals surface area (Å²) in [5.41, 5.74) is 5.38. The van der Waals surface area contributed by atoms with Crippen LogP contribution in [0.15, 0.2) is 60.7 Å². The van der Waals surface area contributed by atoms with Crippen molar-refractivity contribution >= 4 is 11.1 Å². The van der Waals surface area contributed by atoms with Gasteiger partial charge in [-0.1, -0.05) is 36.4 Å². The molecule has 0 radical (unpaired) electrons. The summed E-state index contributed by atoms with van der Waals surface area (Å²) in [5.74, 6) is 2.29. The Morgan fingerprint density at radius 2 is 1.04 bits per heavy atom.